The Balaban J connectivity index is 2.44. The summed E-state index contributed by atoms with van der Waals surface area (Å²) >= 11 is 0. The average molecular weight is 206 g/mol. The number of para-hydroxylation sites is 1. The summed E-state index contributed by atoms with van der Waals surface area (Å²) in [6, 6.07) is 6.88. The predicted octanol–water partition coefficient (Wildman–Crippen LogP) is 0.676. The Labute approximate surface area is 86.0 Å². The highest BCUT2D eigenvalue weighted by Crippen LogP contribution is 2.37. The number of fused-ring (bicyclic) bond motifs is 1. The number of hydrogen-bond donors (Lipinski definition) is 3. The van der Waals surface area contributed by atoms with E-state index in [0.717, 1.165) is 6.21 Å². The maximum atomic E-state index is 11.6. The van der Waals surface area contributed by atoms with Crippen molar-refractivity contribution in [3.05, 3.63) is 29.8 Å². The van der Waals surface area contributed by atoms with Crippen molar-refractivity contribution in [1.82, 2.24) is 0 Å². The summed E-state index contributed by atoms with van der Waals surface area (Å²) in [6.45, 7) is 0. The molecule has 5 nitrogen and oxygen atoms in total. The molecule has 1 aromatic rings. The fourth-order valence-corrected chi connectivity index (χ4v) is 1.68. The molecular formula is C10H10N2O3. The molecule has 1 unspecified atom stereocenters. The second-order valence-corrected chi connectivity index (χ2v) is 3.36. The summed E-state index contributed by atoms with van der Waals surface area (Å²) in [5, 5.41) is 23.8. The van der Waals surface area contributed by atoms with Gasteiger partial charge in [-0.05, 0) is 6.07 Å². The van der Waals surface area contributed by atoms with Gasteiger partial charge < -0.3 is 15.6 Å². The van der Waals surface area contributed by atoms with Gasteiger partial charge >= 0.3 is 0 Å². The smallest absolute Gasteiger partial charge is 0.261 e. The largest absolute Gasteiger partial charge is 0.411 e. The van der Waals surface area contributed by atoms with Gasteiger partial charge in [0.25, 0.3) is 5.91 Å². The molecule has 0 saturated heterocycles. The molecule has 5 heteroatoms. The predicted molar refractivity (Wildman–Crippen MR) is 53.9 cm³/mol. The maximum absolute atomic E-state index is 11.6. The van der Waals surface area contributed by atoms with Crippen LogP contribution in [-0.2, 0) is 10.4 Å². The number of hydrogen-bond acceptors (Lipinski definition) is 4. The Bertz CT molecular complexity index is 430. The summed E-state index contributed by atoms with van der Waals surface area (Å²) in [6.07, 6.45) is 1.05. The molecule has 3 N–H and O–H groups in total. The first-order chi connectivity index (χ1) is 7.18. The van der Waals surface area contributed by atoms with Crippen molar-refractivity contribution in [3.63, 3.8) is 0 Å². The molecule has 0 radical (unpaired) electrons. The molecule has 1 aromatic carbocycles. The zero-order chi connectivity index (χ0) is 10.9. The summed E-state index contributed by atoms with van der Waals surface area (Å²) in [4.78, 5) is 11.6. The van der Waals surface area contributed by atoms with Crippen molar-refractivity contribution >= 4 is 17.8 Å². The van der Waals surface area contributed by atoms with E-state index in [9.17, 15) is 9.90 Å². The molecule has 0 saturated carbocycles. The van der Waals surface area contributed by atoms with E-state index in [1.165, 1.54) is 0 Å². The molecule has 1 atom stereocenters. The van der Waals surface area contributed by atoms with Gasteiger partial charge in [-0.3, -0.25) is 4.79 Å². The molecule has 0 aliphatic carbocycles. The molecule has 1 amide bonds. The molecule has 0 aromatic heterocycles. The number of carbonyl (C=O) groups excluding carboxylic acids is 1. The van der Waals surface area contributed by atoms with Crippen LogP contribution < -0.4 is 5.32 Å². The number of nitrogens with one attached hydrogen (secondary N) is 1. The van der Waals surface area contributed by atoms with Gasteiger partial charge in [0.15, 0.2) is 5.60 Å². The molecule has 0 bridgehead atoms. The zero-order valence-electron chi connectivity index (χ0n) is 7.84. The molecule has 1 aliphatic rings. The third kappa shape index (κ3) is 1.37. The van der Waals surface area contributed by atoms with Gasteiger partial charge in [0.05, 0.1) is 0 Å². The topological polar surface area (TPSA) is 81.9 Å². The molecular weight excluding hydrogens is 196 g/mol. The number of amides is 1. The summed E-state index contributed by atoms with van der Waals surface area (Å²) < 4.78 is 0. The molecule has 0 fully saturated rings. The highest BCUT2D eigenvalue weighted by atomic mass is 16.4. The number of carbonyl (C=O) groups is 1. The van der Waals surface area contributed by atoms with E-state index in [1.807, 2.05) is 0 Å². The summed E-state index contributed by atoms with van der Waals surface area (Å²) in [7, 11) is 0. The van der Waals surface area contributed by atoms with Crippen LogP contribution in [0.15, 0.2) is 29.4 Å². The van der Waals surface area contributed by atoms with Crippen LogP contribution >= 0.6 is 0 Å². The minimum Gasteiger partial charge on any atom is -0.411 e. The van der Waals surface area contributed by atoms with Crippen molar-refractivity contribution in [2.24, 2.45) is 5.16 Å². The number of aliphatic hydroxyl groups is 1. The lowest BCUT2D eigenvalue weighted by molar-refractivity contribution is -0.132. The van der Waals surface area contributed by atoms with Crippen LogP contribution in [0.2, 0.25) is 0 Å². The van der Waals surface area contributed by atoms with E-state index in [4.69, 9.17) is 5.21 Å². The second-order valence-electron chi connectivity index (χ2n) is 3.36. The van der Waals surface area contributed by atoms with Crippen LogP contribution in [0.3, 0.4) is 0 Å². The van der Waals surface area contributed by atoms with Crippen LogP contribution in [0.4, 0.5) is 5.69 Å². The Kier molecular flexibility index (Phi) is 2.17. The van der Waals surface area contributed by atoms with Crippen LogP contribution in [0.25, 0.3) is 0 Å². The molecule has 1 aliphatic heterocycles. The number of oxime groups is 1. The third-order valence-corrected chi connectivity index (χ3v) is 2.46. The van der Waals surface area contributed by atoms with Crippen molar-refractivity contribution in [2.45, 2.75) is 12.0 Å². The molecule has 78 valence electrons. The van der Waals surface area contributed by atoms with E-state index in [-0.39, 0.29) is 6.42 Å². The van der Waals surface area contributed by atoms with E-state index >= 15 is 0 Å². The molecule has 15 heavy (non-hydrogen) atoms. The minimum absolute atomic E-state index is 0.0493. The fourth-order valence-electron chi connectivity index (χ4n) is 1.68. The Morgan fingerprint density at radius 2 is 2.20 bits per heavy atom. The van der Waals surface area contributed by atoms with Gasteiger partial charge in [-0.1, -0.05) is 18.2 Å². The zero-order valence-corrected chi connectivity index (χ0v) is 7.84. The second kappa shape index (κ2) is 3.36. The van der Waals surface area contributed by atoms with Crippen LogP contribution in [0.5, 0.6) is 0 Å². The Hall–Kier alpha value is -1.88. The van der Waals surface area contributed by atoms with Crippen molar-refractivity contribution in [1.29, 1.82) is 0 Å². The van der Waals surface area contributed by atoms with E-state index in [0.29, 0.717) is 11.3 Å². The van der Waals surface area contributed by atoms with E-state index in [1.54, 1.807) is 24.3 Å². The highest BCUT2D eigenvalue weighted by molar-refractivity contribution is 6.06. The van der Waals surface area contributed by atoms with Gasteiger partial charge in [-0.15, -0.1) is 5.16 Å². The Morgan fingerprint density at radius 3 is 2.93 bits per heavy atom. The minimum atomic E-state index is -1.62. The number of anilines is 1. The first-order valence-electron chi connectivity index (χ1n) is 4.48. The molecule has 1 heterocycles. The van der Waals surface area contributed by atoms with Gasteiger partial charge in [0.1, 0.15) is 0 Å². The van der Waals surface area contributed by atoms with Crippen LogP contribution in [-0.4, -0.2) is 22.4 Å². The third-order valence-electron chi connectivity index (χ3n) is 2.46. The van der Waals surface area contributed by atoms with Gasteiger partial charge in [0, 0.05) is 23.9 Å². The number of rotatable bonds is 2. The monoisotopic (exact) mass is 206 g/mol. The van der Waals surface area contributed by atoms with E-state index in [2.05, 4.69) is 10.5 Å². The first-order valence-corrected chi connectivity index (χ1v) is 4.48. The molecule has 2 rings (SSSR count). The fraction of sp³-hybridized carbons (Fsp3) is 0.200. The highest BCUT2D eigenvalue weighted by Gasteiger charge is 2.44. The Morgan fingerprint density at radius 1 is 1.47 bits per heavy atom. The standard InChI is InChI=1S/C10H10N2O3/c13-9-10(14,5-6-11-15)7-3-1-2-4-8(7)12-9/h1-4,6,14-15H,5H2,(H,12,13)/b11-6-. The normalized spacial score (nSPS) is 24.2. The van der Waals surface area contributed by atoms with Gasteiger partial charge in [-0.25, -0.2) is 0 Å². The number of nitrogens with zero attached hydrogens (tertiary/aromatic N) is 1. The van der Waals surface area contributed by atoms with Gasteiger partial charge in [0.2, 0.25) is 0 Å². The maximum Gasteiger partial charge on any atom is 0.261 e. The van der Waals surface area contributed by atoms with Crippen molar-refractivity contribution in [2.75, 3.05) is 5.32 Å². The SMILES string of the molecule is O=C1Nc2ccccc2C1(O)C/C=N\O. The summed E-state index contributed by atoms with van der Waals surface area (Å²) in [5.41, 5.74) is -0.519. The first kappa shape index (κ1) is 9.67. The van der Waals surface area contributed by atoms with Crippen molar-refractivity contribution < 1.29 is 15.1 Å². The lowest BCUT2D eigenvalue weighted by Crippen LogP contribution is -2.34. The number of benzene rings is 1. The van der Waals surface area contributed by atoms with Crippen molar-refractivity contribution in [3.8, 4) is 0 Å². The average Bonchev–Trinajstić information content (AvgIpc) is 2.50. The van der Waals surface area contributed by atoms with Gasteiger partial charge in [-0.2, -0.15) is 0 Å². The van der Waals surface area contributed by atoms with E-state index < -0.39 is 11.5 Å². The lowest BCUT2D eigenvalue weighted by Gasteiger charge is -2.17. The summed E-state index contributed by atoms with van der Waals surface area (Å²) in [5.74, 6) is -0.497. The van der Waals surface area contributed by atoms with Crippen LogP contribution in [0.1, 0.15) is 12.0 Å². The van der Waals surface area contributed by atoms with Crippen LogP contribution in [0, 0.1) is 0 Å². The quantitative estimate of drug-likeness (QED) is 0.378. The molecule has 0 spiro atoms. The lowest BCUT2D eigenvalue weighted by atomic mass is 9.92.